The van der Waals surface area contributed by atoms with Crippen molar-refractivity contribution in [1.82, 2.24) is 0 Å². The van der Waals surface area contributed by atoms with E-state index in [1.165, 1.54) is 6.42 Å². The number of nitrogens with two attached hydrogens (primary N) is 1. The quantitative estimate of drug-likeness (QED) is 0.817. The van der Waals surface area contributed by atoms with E-state index < -0.39 is 5.97 Å². The number of ether oxygens (including phenoxy) is 1. The number of hydrogen-bond acceptors (Lipinski definition) is 3. The second kappa shape index (κ2) is 4.75. The van der Waals surface area contributed by atoms with Crippen LogP contribution in [0.3, 0.4) is 0 Å². The van der Waals surface area contributed by atoms with E-state index in [2.05, 4.69) is 0 Å². The second-order valence-corrected chi connectivity index (χ2v) is 4.65. The molecule has 4 heteroatoms. The van der Waals surface area contributed by atoms with E-state index >= 15 is 0 Å². The first kappa shape index (κ1) is 11.9. The molecule has 1 saturated carbocycles. The van der Waals surface area contributed by atoms with Crippen molar-refractivity contribution in [1.29, 1.82) is 0 Å². The van der Waals surface area contributed by atoms with Crippen molar-refractivity contribution in [3.8, 4) is 5.75 Å². The van der Waals surface area contributed by atoms with E-state index in [9.17, 15) is 4.79 Å². The second-order valence-electron chi connectivity index (χ2n) is 4.65. The lowest BCUT2D eigenvalue weighted by Crippen LogP contribution is -2.42. The Morgan fingerprint density at radius 3 is 2.65 bits per heavy atom. The zero-order valence-corrected chi connectivity index (χ0v) is 9.69. The molecule has 1 aliphatic rings. The van der Waals surface area contributed by atoms with Crippen LogP contribution < -0.4 is 10.5 Å². The van der Waals surface area contributed by atoms with Crippen molar-refractivity contribution < 1.29 is 14.6 Å². The number of carboxylic acid groups (broad SMARTS) is 1. The van der Waals surface area contributed by atoms with Crippen molar-refractivity contribution in [3.05, 3.63) is 29.8 Å². The van der Waals surface area contributed by atoms with Crippen molar-refractivity contribution in [2.75, 3.05) is 13.2 Å². The third-order valence-electron chi connectivity index (χ3n) is 3.50. The minimum Gasteiger partial charge on any atom is -0.492 e. The molecule has 17 heavy (non-hydrogen) atoms. The lowest BCUT2D eigenvalue weighted by molar-refractivity contribution is 0.0612. The number of para-hydroxylation sites is 1. The van der Waals surface area contributed by atoms with Crippen LogP contribution in [0.5, 0.6) is 5.75 Å². The molecule has 0 aromatic heterocycles. The van der Waals surface area contributed by atoms with E-state index in [4.69, 9.17) is 15.6 Å². The van der Waals surface area contributed by atoms with Gasteiger partial charge in [-0.1, -0.05) is 18.6 Å². The van der Waals surface area contributed by atoms with Gasteiger partial charge in [-0.25, -0.2) is 4.79 Å². The van der Waals surface area contributed by atoms with Gasteiger partial charge in [0.15, 0.2) is 0 Å². The van der Waals surface area contributed by atoms with Crippen LogP contribution in [0.2, 0.25) is 0 Å². The topological polar surface area (TPSA) is 72.5 Å². The van der Waals surface area contributed by atoms with Crippen LogP contribution >= 0.6 is 0 Å². The van der Waals surface area contributed by atoms with Gasteiger partial charge in [0.05, 0.1) is 6.61 Å². The summed E-state index contributed by atoms with van der Waals surface area (Å²) in [5.74, 6) is -0.532. The average molecular weight is 235 g/mol. The molecule has 0 bridgehead atoms. The van der Waals surface area contributed by atoms with Crippen molar-refractivity contribution in [2.24, 2.45) is 11.1 Å². The van der Waals surface area contributed by atoms with Crippen LogP contribution in [0, 0.1) is 5.41 Å². The maximum atomic E-state index is 11.0. The molecule has 0 heterocycles. The van der Waals surface area contributed by atoms with Crippen LogP contribution in [0.25, 0.3) is 0 Å². The highest BCUT2D eigenvalue weighted by molar-refractivity contribution is 5.90. The summed E-state index contributed by atoms with van der Waals surface area (Å²) in [6.45, 7) is 1.11. The first-order valence-electron chi connectivity index (χ1n) is 5.82. The fraction of sp³-hybridized carbons (Fsp3) is 0.462. The van der Waals surface area contributed by atoms with Gasteiger partial charge in [-0.3, -0.25) is 0 Å². The number of benzene rings is 1. The highest BCUT2D eigenvalue weighted by Gasteiger charge is 2.36. The number of rotatable bonds is 5. The molecule has 0 saturated heterocycles. The lowest BCUT2D eigenvalue weighted by atomic mass is 9.69. The Labute approximate surface area is 100 Å². The predicted octanol–water partition coefficient (Wildman–Crippen LogP) is 1.89. The van der Waals surface area contributed by atoms with Crippen LogP contribution in [-0.4, -0.2) is 24.2 Å². The van der Waals surface area contributed by atoms with Crippen molar-refractivity contribution >= 4 is 5.97 Å². The summed E-state index contributed by atoms with van der Waals surface area (Å²) in [6, 6.07) is 6.70. The molecule has 1 aliphatic carbocycles. The number of hydrogen-bond donors (Lipinski definition) is 2. The van der Waals surface area contributed by atoms with Gasteiger partial charge in [0.1, 0.15) is 11.3 Å². The van der Waals surface area contributed by atoms with Gasteiger partial charge >= 0.3 is 5.97 Å². The molecular weight excluding hydrogens is 218 g/mol. The molecule has 1 aromatic rings. The minimum atomic E-state index is -0.962. The van der Waals surface area contributed by atoms with Crippen LogP contribution in [0.4, 0.5) is 0 Å². The molecule has 0 spiro atoms. The Hall–Kier alpha value is -1.55. The SMILES string of the molecule is NCC1(COc2ccccc2C(=O)O)CCC1. The molecule has 92 valence electrons. The van der Waals surface area contributed by atoms with E-state index in [-0.39, 0.29) is 11.0 Å². The molecule has 2 rings (SSSR count). The summed E-state index contributed by atoms with van der Waals surface area (Å²) in [6.07, 6.45) is 3.32. The van der Waals surface area contributed by atoms with Crippen LogP contribution in [0.15, 0.2) is 24.3 Å². The highest BCUT2D eigenvalue weighted by Crippen LogP contribution is 2.40. The van der Waals surface area contributed by atoms with Gasteiger partial charge in [0.2, 0.25) is 0 Å². The van der Waals surface area contributed by atoms with Gasteiger partial charge in [0.25, 0.3) is 0 Å². The first-order valence-corrected chi connectivity index (χ1v) is 5.82. The molecular formula is C13H17NO3. The van der Waals surface area contributed by atoms with Crippen molar-refractivity contribution in [3.63, 3.8) is 0 Å². The third kappa shape index (κ3) is 2.42. The third-order valence-corrected chi connectivity index (χ3v) is 3.50. The summed E-state index contributed by atoms with van der Waals surface area (Å²) in [5, 5.41) is 9.02. The largest absolute Gasteiger partial charge is 0.492 e. The van der Waals surface area contributed by atoms with Gasteiger partial charge in [-0.05, 0) is 25.0 Å². The number of carboxylic acids is 1. The van der Waals surface area contributed by atoms with Crippen LogP contribution in [0.1, 0.15) is 29.6 Å². The standard InChI is InChI=1S/C13H17NO3/c14-8-13(6-3-7-13)9-17-11-5-2-1-4-10(11)12(15)16/h1-2,4-5H,3,6-9,14H2,(H,15,16). The molecule has 0 radical (unpaired) electrons. The fourth-order valence-electron chi connectivity index (χ4n) is 2.08. The molecule has 0 amide bonds. The Balaban J connectivity index is 2.06. The first-order chi connectivity index (χ1) is 8.17. The molecule has 0 unspecified atom stereocenters. The molecule has 1 aromatic carbocycles. The average Bonchev–Trinajstić information content (AvgIpc) is 2.28. The van der Waals surface area contributed by atoms with Gasteiger partial charge in [-0.15, -0.1) is 0 Å². The maximum absolute atomic E-state index is 11.0. The lowest BCUT2D eigenvalue weighted by Gasteiger charge is -2.40. The Morgan fingerprint density at radius 2 is 2.12 bits per heavy atom. The molecule has 0 atom stereocenters. The minimum absolute atomic E-state index is 0.0611. The predicted molar refractivity (Wildman–Crippen MR) is 64.2 cm³/mol. The van der Waals surface area contributed by atoms with E-state index in [1.54, 1.807) is 24.3 Å². The Morgan fingerprint density at radius 1 is 1.41 bits per heavy atom. The summed E-state index contributed by atoms with van der Waals surface area (Å²) in [5.41, 5.74) is 6.00. The Bertz CT molecular complexity index is 407. The number of aromatic carboxylic acids is 1. The normalized spacial score (nSPS) is 17.2. The summed E-state index contributed by atoms with van der Waals surface area (Å²) < 4.78 is 5.64. The molecule has 0 aliphatic heterocycles. The monoisotopic (exact) mass is 235 g/mol. The summed E-state index contributed by atoms with van der Waals surface area (Å²) in [7, 11) is 0. The van der Waals surface area contributed by atoms with E-state index in [0.29, 0.717) is 18.9 Å². The Kier molecular flexibility index (Phi) is 3.33. The van der Waals surface area contributed by atoms with Gasteiger partial charge in [0, 0.05) is 12.0 Å². The van der Waals surface area contributed by atoms with Crippen LogP contribution in [-0.2, 0) is 0 Å². The summed E-state index contributed by atoms with van der Waals surface area (Å²) in [4.78, 5) is 11.0. The van der Waals surface area contributed by atoms with E-state index in [0.717, 1.165) is 12.8 Å². The van der Waals surface area contributed by atoms with Gasteiger partial charge < -0.3 is 15.6 Å². The zero-order chi connectivity index (χ0) is 12.3. The molecule has 4 nitrogen and oxygen atoms in total. The van der Waals surface area contributed by atoms with E-state index in [1.807, 2.05) is 0 Å². The number of carbonyl (C=O) groups is 1. The molecule has 3 N–H and O–H groups in total. The zero-order valence-electron chi connectivity index (χ0n) is 9.69. The fourth-order valence-corrected chi connectivity index (χ4v) is 2.08. The smallest absolute Gasteiger partial charge is 0.339 e. The summed E-state index contributed by atoms with van der Waals surface area (Å²) >= 11 is 0. The van der Waals surface area contributed by atoms with Gasteiger partial charge in [-0.2, -0.15) is 0 Å². The highest BCUT2D eigenvalue weighted by atomic mass is 16.5. The van der Waals surface area contributed by atoms with Crippen molar-refractivity contribution in [2.45, 2.75) is 19.3 Å². The maximum Gasteiger partial charge on any atom is 0.339 e. The molecule has 1 fully saturated rings.